The number of amidine groups is 1. The van der Waals surface area contributed by atoms with E-state index in [0.29, 0.717) is 17.6 Å². The number of ether oxygens (including phenoxy) is 2. The normalized spacial score (nSPS) is 14.2. The maximum absolute atomic E-state index is 7.57. The molecular weight excluding hydrogens is 476 g/mol. The molecule has 36 heavy (non-hydrogen) atoms. The highest BCUT2D eigenvalue weighted by molar-refractivity contribution is 8.16. The minimum absolute atomic E-state index is 0.250. The Hall–Kier alpha value is -3.07. The molecule has 9 nitrogen and oxygen atoms in total. The number of pyridine rings is 1. The van der Waals surface area contributed by atoms with Gasteiger partial charge < -0.3 is 25.2 Å². The van der Waals surface area contributed by atoms with Crippen LogP contribution in [0.4, 0.5) is 5.82 Å². The second kappa shape index (κ2) is 15.8. The van der Waals surface area contributed by atoms with Crippen LogP contribution in [0.3, 0.4) is 0 Å². The summed E-state index contributed by atoms with van der Waals surface area (Å²) in [7, 11) is 3.14. The van der Waals surface area contributed by atoms with E-state index in [0.717, 1.165) is 40.7 Å². The van der Waals surface area contributed by atoms with Crippen molar-refractivity contribution in [3.63, 3.8) is 0 Å². The molecule has 0 amide bonds. The zero-order valence-electron chi connectivity index (χ0n) is 22.0. The van der Waals surface area contributed by atoms with E-state index in [1.54, 1.807) is 45.2 Å². The summed E-state index contributed by atoms with van der Waals surface area (Å²) >= 11 is 1.68. The quantitative estimate of drug-likeness (QED) is 0.557. The van der Waals surface area contributed by atoms with Gasteiger partial charge in [-0.05, 0) is 45.1 Å². The second-order valence-electron chi connectivity index (χ2n) is 7.78. The highest BCUT2D eigenvalue weighted by atomic mass is 32.2. The van der Waals surface area contributed by atoms with E-state index >= 15 is 0 Å². The molecule has 4 heterocycles. The third kappa shape index (κ3) is 8.26. The van der Waals surface area contributed by atoms with Crippen LogP contribution in [-0.2, 0) is 12.8 Å². The van der Waals surface area contributed by atoms with Crippen molar-refractivity contribution >= 4 is 22.7 Å². The molecule has 0 radical (unpaired) electrons. The standard InChI is InChI=1S/C15H20N4O2.C9H12N2S.C2H6O/c1-5-10-13(17-11(6-2)14(16)18-10)9-7-8-12(20-3)19-15(9)21-4;1-2-6-11(7-3-1)9-10-5-4-8-12-9;1-2-3/h7-8H,5-6H2,1-4H3,(H2,16,18);5,8H,1-3,6-7H2;3H,2H2,1H3. The molecule has 0 saturated carbocycles. The fourth-order valence-electron chi connectivity index (χ4n) is 3.60. The largest absolute Gasteiger partial charge is 0.481 e. The molecule has 0 aromatic carbocycles. The monoisotopic (exact) mass is 514 g/mol. The number of piperidine rings is 1. The van der Waals surface area contributed by atoms with Crippen LogP contribution in [0.2, 0.25) is 0 Å². The van der Waals surface area contributed by atoms with Gasteiger partial charge in [0.1, 0.15) is 5.82 Å². The van der Waals surface area contributed by atoms with Gasteiger partial charge in [-0.3, -0.25) is 0 Å². The molecule has 2 aliphatic rings. The zero-order valence-corrected chi connectivity index (χ0v) is 22.8. The summed E-state index contributed by atoms with van der Waals surface area (Å²) < 4.78 is 10.5. The van der Waals surface area contributed by atoms with E-state index in [4.69, 9.17) is 20.3 Å². The van der Waals surface area contributed by atoms with Crippen molar-refractivity contribution in [1.29, 1.82) is 0 Å². The van der Waals surface area contributed by atoms with Crippen LogP contribution in [0, 0.1) is 0 Å². The number of methoxy groups -OCH3 is 2. The van der Waals surface area contributed by atoms with Crippen molar-refractivity contribution in [2.75, 3.05) is 39.6 Å². The summed E-state index contributed by atoms with van der Waals surface area (Å²) in [6, 6.07) is 3.66. The average molecular weight is 515 g/mol. The number of aliphatic hydroxyl groups excluding tert-OH is 1. The molecule has 0 atom stereocenters. The molecule has 10 heteroatoms. The molecule has 0 spiro atoms. The lowest BCUT2D eigenvalue weighted by Crippen LogP contribution is -2.33. The molecule has 0 aliphatic carbocycles. The number of thioether (sulfide) groups is 1. The molecular formula is C26H38N6O3S. The number of likely N-dealkylation sites (tertiary alicyclic amines) is 1. The Labute approximate surface area is 218 Å². The molecule has 4 rings (SSSR count). The Balaban J connectivity index is 0.000000255. The van der Waals surface area contributed by atoms with Gasteiger partial charge in [0.15, 0.2) is 5.17 Å². The molecule has 2 aliphatic heterocycles. The predicted octanol–water partition coefficient (Wildman–Crippen LogP) is 4.46. The Morgan fingerprint density at radius 3 is 2.25 bits per heavy atom. The molecule has 1 saturated heterocycles. The number of rotatable bonds is 5. The molecule has 1 fully saturated rings. The van der Waals surface area contributed by atoms with E-state index in [-0.39, 0.29) is 6.61 Å². The van der Waals surface area contributed by atoms with Crippen LogP contribution in [0.1, 0.15) is 51.4 Å². The maximum atomic E-state index is 7.57. The fraction of sp³-hybridized carbons (Fsp3) is 0.500. The smallest absolute Gasteiger partial charge is 0.226 e. The topological polar surface area (TPSA) is 119 Å². The van der Waals surface area contributed by atoms with Gasteiger partial charge in [-0.15, -0.1) is 0 Å². The first-order valence-corrected chi connectivity index (χ1v) is 13.1. The third-order valence-corrected chi connectivity index (χ3v) is 6.17. The van der Waals surface area contributed by atoms with Crippen molar-refractivity contribution in [3.8, 4) is 23.0 Å². The van der Waals surface area contributed by atoms with Gasteiger partial charge in [0.05, 0.1) is 43.1 Å². The molecule has 0 unspecified atom stereocenters. The number of aromatic nitrogens is 3. The van der Waals surface area contributed by atoms with Gasteiger partial charge in [-0.25, -0.2) is 15.0 Å². The second-order valence-corrected chi connectivity index (χ2v) is 8.61. The molecule has 2 aromatic rings. The number of hydrogen-bond donors (Lipinski definition) is 2. The number of aryl methyl sites for hydroxylation is 2. The first kappa shape index (κ1) is 29.2. The Morgan fingerprint density at radius 2 is 1.69 bits per heavy atom. The van der Waals surface area contributed by atoms with Crippen molar-refractivity contribution in [2.24, 2.45) is 4.99 Å². The number of nitrogens with zero attached hydrogens (tertiary/aromatic N) is 5. The minimum Gasteiger partial charge on any atom is -0.481 e. The van der Waals surface area contributed by atoms with Crippen LogP contribution in [0.25, 0.3) is 11.3 Å². The number of aliphatic hydroxyl groups is 1. The fourth-order valence-corrected chi connectivity index (χ4v) is 4.28. The van der Waals surface area contributed by atoms with Crippen LogP contribution < -0.4 is 15.2 Å². The number of nitrogen functional groups attached to an aromatic ring is 1. The van der Waals surface area contributed by atoms with E-state index in [2.05, 4.69) is 30.6 Å². The van der Waals surface area contributed by atoms with Crippen molar-refractivity contribution < 1.29 is 14.6 Å². The zero-order chi connectivity index (χ0) is 26.3. The third-order valence-electron chi connectivity index (χ3n) is 5.34. The summed E-state index contributed by atoms with van der Waals surface area (Å²) in [4.78, 5) is 20.1. The molecule has 0 bridgehead atoms. The SMILES string of the molecule is C1=CN=C(N2CCCCC2)SC=1.CCO.CCc1nc(-c2ccc(OC)nc2OC)c(CC)nc1N. The first-order valence-electron chi connectivity index (χ1n) is 12.3. The Bertz CT molecular complexity index is 1060. The van der Waals surface area contributed by atoms with Gasteiger partial charge in [0.2, 0.25) is 11.8 Å². The van der Waals surface area contributed by atoms with Crippen LogP contribution in [0.5, 0.6) is 11.8 Å². The number of nitrogens with two attached hydrogens (primary N) is 1. The lowest BCUT2D eigenvalue weighted by molar-refractivity contribution is 0.318. The Kier molecular flexibility index (Phi) is 12.8. The lowest BCUT2D eigenvalue weighted by atomic mass is 10.1. The average Bonchev–Trinajstić information content (AvgIpc) is 2.94. The number of aliphatic imine (C=N–C) groups is 1. The van der Waals surface area contributed by atoms with Crippen LogP contribution >= 0.6 is 11.8 Å². The van der Waals surface area contributed by atoms with Crippen molar-refractivity contribution in [3.05, 3.63) is 40.9 Å². The number of anilines is 1. The van der Waals surface area contributed by atoms with Gasteiger partial charge in [0.25, 0.3) is 0 Å². The first-order chi connectivity index (χ1) is 17.5. The summed E-state index contributed by atoms with van der Waals surface area (Å²) in [5, 5.41) is 10.7. The van der Waals surface area contributed by atoms with Gasteiger partial charge in [-0.2, -0.15) is 4.98 Å². The van der Waals surface area contributed by atoms with Crippen molar-refractivity contribution in [1.82, 2.24) is 19.9 Å². The molecule has 3 N–H and O–H groups in total. The van der Waals surface area contributed by atoms with Gasteiger partial charge in [0, 0.05) is 31.2 Å². The van der Waals surface area contributed by atoms with Gasteiger partial charge >= 0.3 is 0 Å². The van der Waals surface area contributed by atoms with Gasteiger partial charge in [-0.1, -0.05) is 31.3 Å². The highest BCUT2D eigenvalue weighted by Crippen LogP contribution is 2.32. The highest BCUT2D eigenvalue weighted by Gasteiger charge is 2.17. The van der Waals surface area contributed by atoms with E-state index < -0.39 is 0 Å². The van der Waals surface area contributed by atoms with E-state index in [9.17, 15) is 0 Å². The maximum Gasteiger partial charge on any atom is 0.226 e. The lowest BCUT2D eigenvalue weighted by Gasteiger charge is -2.28. The van der Waals surface area contributed by atoms with E-state index in [1.807, 2.05) is 25.3 Å². The predicted molar refractivity (Wildman–Crippen MR) is 147 cm³/mol. The molecule has 196 valence electrons. The number of hydrogen-bond acceptors (Lipinski definition) is 10. The Morgan fingerprint density at radius 1 is 1.00 bits per heavy atom. The van der Waals surface area contributed by atoms with Crippen LogP contribution in [-0.4, -0.2) is 64.0 Å². The summed E-state index contributed by atoms with van der Waals surface area (Å²) in [6.07, 6.45) is 7.20. The summed E-state index contributed by atoms with van der Waals surface area (Å²) in [5.41, 5.74) is 12.0. The summed E-state index contributed by atoms with van der Waals surface area (Å²) in [6.45, 7) is 8.29. The minimum atomic E-state index is 0.250. The van der Waals surface area contributed by atoms with Crippen molar-refractivity contribution in [2.45, 2.75) is 52.9 Å². The molecule has 2 aromatic heterocycles. The summed E-state index contributed by atoms with van der Waals surface area (Å²) in [5.74, 6) is 1.44. The van der Waals surface area contributed by atoms with Crippen LogP contribution in [0.15, 0.2) is 34.5 Å². The van der Waals surface area contributed by atoms with E-state index in [1.165, 1.54) is 32.4 Å².